The zero-order valence-corrected chi connectivity index (χ0v) is 18.6. The van der Waals surface area contributed by atoms with Crippen molar-refractivity contribution in [2.75, 3.05) is 7.11 Å². The number of tetrazole rings is 1. The Kier molecular flexibility index (Phi) is 5.50. The Bertz CT molecular complexity index is 860. The monoisotopic (exact) mass is 423 g/mol. The maximum Gasteiger partial charge on any atom is 0.242 e. The molecule has 152 valence electrons. The molecule has 2 aliphatic rings. The summed E-state index contributed by atoms with van der Waals surface area (Å²) in [5.74, 6) is 0.117. The Hall–Kier alpha value is -1.65. The maximum absolute atomic E-state index is 13.5. The molecule has 3 heterocycles. The topological polar surface area (TPSA) is 90.2 Å². The predicted octanol–water partition coefficient (Wildman–Crippen LogP) is 2.21. The zero-order chi connectivity index (χ0) is 20.9. The van der Waals surface area contributed by atoms with Crippen LogP contribution < -0.4 is 0 Å². The van der Waals surface area contributed by atoms with E-state index in [0.29, 0.717) is 23.5 Å². The van der Waals surface area contributed by atoms with Crippen molar-refractivity contribution in [3.63, 3.8) is 0 Å². The summed E-state index contributed by atoms with van der Waals surface area (Å²) in [5, 5.41) is 13.0. The minimum atomic E-state index is -0.765. The third-order valence-electron chi connectivity index (χ3n) is 5.12. The summed E-state index contributed by atoms with van der Waals surface area (Å²) in [4.78, 5) is 28.3. The summed E-state index contributed by atoms with van der Waals surface area (Å²) in [5.41, 5.74) is -1.11. The molecule has 10 heteroatoms. The summed E-state index contributed by atoms with van der Waals surface area (Å²) in [6.45, 7) is 7.51. The lowest BCUT2D eigenvalue weighted by Crippen LogP contribution is -2.70. The van der Waals surface area contributed by atoms with Crippen molar-refractivity contribution in [1.82, 2.24) is 25.1 Å². The molecule has 0 spiro atoms. The number of carbonyl (C=O) groups excluding carboxylic acids is 2. The fourth-order valence-electron chi connectivity index (χ4n) is 3.67. The van der Waals surface area contributed by atoms with E-state index < -0.39 is 16.3 Å². The van der Waals surface area contributed by atoms with Crippen LogP contribution in [0.3, 0.4) is 0 Å². The number of Topliss-reactive ketones (excluding diaryl/α,β-unsaturated/α-hetero) is 1. The van der Waals surface area contributed by atoms with Crippen LogP contribution in [0.2, 0.25) is 0 Å². The number of aryl methyl sites for hydroxylation is 1. The number of ether oxygens (including phenoxy) is 1. The summed E-state index contributed by atoms with van der Waals surface area (Å²) < 4.78 is 7.22. The average Bonchev–Trinajstić information content (AvgIpc) is 3.08. The smallest absolute Gasteiger partial charge is 0.242 e. The second kappa shape index (κ2) is 7.31. The molecule has 1 aromatic rings. The fraction of sp³-hybridized carbons (Fsp3) is 0.667. The average molecular weight is 424 g/mol. The third-order valence-corrected chi connectivity index (χ3v) is 7.11. The Morgan fingerprint density at radius 3 is 2.57 bits per heavy atom. The number of allylic oxidation sites excluding steroid dienone is 1. The van der Waals surface area contributed by atoms with Crippen molar-refractivity contribution >= 4 is 46.6 Å². The minimum absolute atomic E-state index is 0.142. The van der Waals surface area contributed by atoms with Gasteiger partial charge in [-0.3, -0.25) is 14.5 Å². The lowest BCUT2D eigenvalue weighted by molar-refractivity contribution is -0.155. The van der Waals surface area contributed by atoms with Gasteiger partial charge in [-0.1, -0.05) is 58.1 Å². The summed E-state index contributed by atoms with van der Waals surface area (Å²) in [7, 11) is 3.27. The number of carbonyl (C=O) groups is 2. The van der Waals surface area contributed by atoms with Gasteiger partial charge in [-0.15, -0.1) is 5.10 Å². The predicted molar refractivity (Wildman–Crippen MR) is 110 cm³/mol. The second-order valence-electron chi connectivity index (χ2n) is 8.11. The van der Waals surface area contributed by atoms with Gasteiger partial charge in [0.15, 0.2) is 11.6 Å². The van der Waals surface area contributed by atoms with Crippen molar-refractivity contribution in [3.05, 3.63) is 11.5 Å². The molecular weight excluding hydrogens is 398 g/mol. The standard InChI is InChI=1S/C18H25N5O3S2/c1-7-8-18(9-27)15(25)23-11(12(24)17(2,3)4)10(13-19-20-21-22(13)5)14(26-6)28-16(18)23/h9,14,16H,7-8H2,1-6H3/t14?,16-,18-/m0/s1. The summed E-state index contributed by atoms with van der Waals surface area (Å²) in [6, 6.07) is 0. The first-order valence-corrected chi connectivity index (χ1v) is 10.6. The van der Waals surface area contributed by atoms with Crippen molar-refractivity contribution in [3.8, 4) is 0 Å². The van der Waals surface area contributed by atoms with Crippen molar-refractivity contribution < 1.29 is 14.3 Å². The quantitative estimate of drug-likeness (QED) is 0.508. The third kappa shape index (κ3) is 2.93. The second-order valence-corrected chi connectivity index (χ2v) is 9.49. The lowest BCUT2D eigenvalue weighted by atomic mass is 9.74. The normalized spacial score (nSPS) is 27.5. The molecule has 1 amide bonds. The van der Waals surface area contributed by atoms with E-state index in [1.165, 1.54) is 16.4 Å². The number of hydrogen-bond acceptors (Lipinski definition) is 8. The number of amides is 1. The molecule has 0 radical (unpaired) electrons. The van der Waals surface area contributed by atoms with E-state index in [1.54, 1.807) is 24.4 Å². The molecule has 0 aliphatic carbocycles. The van der Waals surface area contributed by atoms with Gasteiger partial charge in [0.05, 0.1) is 11.3 Å². The molecule has 3 rings (SSSR count). The van der Waals surface area contributed by atoms with Crippen LogP contribution >= 0.6 is 24.0 Å². The number of fused-ring (bicyclic) bond motifs is 1. The number of aromatic nitrogens is 4. The molecule has 0 bridgehead atoms. The molecule has 1 saturated heterocycles. The highest BCUT2D eigenvalue weighted by Gasteiger charge is 2.64. The summed E-state index contributed by atoms with van der Waals surface area (Å²) >= 11 is 6.74. The molecule has 28 heavy (non-hydrogen) atoms. The van der Waals surface area contributed by atoms with Crippen LogP contribution in [0.15, 0.2) is 5.70 Å². The lowest BCUT2D eigenvalue weighted by Gasteiger charge is -2.57. The van der Waals surface area contributed by atoms with Crippen LogP contribution in [0, 0.1) is 10.8 Å². The highest BCUT2D eigenvalue weighted by molar-refractivity contribution is 8.01. The first-order valence-electron chi connectivity index (χ1n) is 9.14. The Morgan fingerprint density at radius 2 is 2.11 bits per heavy atom. The first kappa shape index (κ1) is 21.1. The molecule has 2 aliphatic heterocycles. The van der Waals surface area contributed by atoms with Crippen molar-refractivity contribution in [1.29, 1.82) is 0 Å². The van der Waals surface area contributed by atoms with Crippen LogP contribution in [0.25, 0.3) is 5.57 Å². The molecule has 0 saturated carbocycles. The Morgan fingerprint density at radius 1 is 1.43 bits per heavy atom. The zero-order valence-electron chi connectivity index (χ0n) is 16.9. The molecule has 3 atom stereocenters. The van der Waals surface area contributed by atoms with Crippen LogP contribution in [0.4, 0.5) is 0 Å². The SMILES string of the molecule is CCC[C@]1(C=S)C(=O)N2C(C(=O)C(C)(C)C)=C(c3nnnn3C)C(OC)S[C@H]21. The van der Waals surface area contributed by atoms with Crippen LogP contribution in [-0.2, 0) is 21.4 Å². The van der Waals surface area contributed by atoms with Gasteiger partial charge in [-0.25, -0.2) is 4.68 Å². The number of β-lactam (4-membered cyclic amide) rings is 1. The molecule has 0 N–H and O–H groups in total. The first-order chi connectivity index (χ1) is 13.1. The highest BCUT2D eigenvalue weighted by atomic mass is 32.2. The number of ketones is 1. The van der Waals surface area contributed by atoms with Gasteiger partial charge < -0.3 is 4.74 Å². The van der Waals surface area contributed by atoms with Gasteiger partial charge in [0.2, 0.25) is 5.91 Å². The number of thioether (sulfide) groups is 1. The van der Waals surface area contributed by atoms with E-state index in [-0.39, 0.29) is 17.1 Å². The molecule has 0 aromatic carbocycles. The van der Waals surface area contributed by atoms with Crippen LogP contribution in [0.5, 0.6) is 0 Å². The van der Waals surface area contributed by atoms with E-state index in [2.05, 4.69) is 15.5 Å². The highest BCUT2D eigenvalue weighted by Crippen LogP contribution is 2.57. The van der Waals surface area contributed by atoms with Gasteiger partial charge in [0.25, 0.3) is 0 Å². The number of methoxy groups -OCH3 is 1. The molecule has 1 fully saturated rings. The minimum Gasteiger partial charge on any atom is -0.366 e. The van der Waals surface area contributed by atoms with Crippen LogP contribution in [0.1, 0.15) is 46.4 Å². The number of thiocarbonyl (C=S) groups is 1. The van der Waals surface area contributed by atoms with Crippen LogP contribution in [-0.4, -0.2) is 60.1 Å². The molecule has 8 nitrogen and oxygen atoms in total. The molecule has 1 unspecified atom stereocenters. The number of nitrogens with zero attached hydrogens (tertiary/aromatic N) is 5. The van der Waals surface area contributed by atoms with E-state index in [9.17, 15) is 9.59 Å². The van der Waals surface area contributed by atoms with E-state index in [4.69, 9.17) is 17.0 Å². The van der Waals surface area contributed by atoms with Crippen molar-refractivity contribution in [2.45, 2.75) is 51.3 Å². The summed E-state index contributed by atoms with van der Waals surface area (Å²) in [6.07, 6.45) is 1.45. The van der Waals surface area contributed by atoms with Gasteiger partial charge >= 0.3 is 0 Å². The van der Waals surface area contributed by atoms with Crippen molar-refractivity contribution in [2.24, 2.45) is 17.9 Å². The van der Waals surface area contributed by atoms with E-state index in [0.717, 1.165) is 6.42 Å². The Balaban J connectivity index is 2.25. The molecule has 1 aromatic heterocycles. The van der Waals surface area contributed by atoms with E-state index >= 15 is 0 Å². The van der Waals surface area contributed by atoms with Gasteiger partial charge in [0, 0.05) is 19.6 Å². The largest absolute Gasteiger partial charge is 0.366 e. The maximum atomic E-state index is 13.5. The van der Waals surface area contributed by atoms with Gasteiger partial charge in [-0.05, 0) is 22.2 Å². The Labute approximate surface area is 174 Å². The fourth-order valence-corrected chi connectivity index (χ4v) is 5.65. The van der Waals surface area contributed by atoms with E-state index in [1.807, 2.05) is 27.7 Å². The molecular formula is C18H25N5O3S2. The van der Waals surface area contributed by atoms with Gasteiger partial charge in [-0.2, -0.15) is 0 Å². The number of hydrogen-bond donors (Lipinski definition) is 0. The van der Waals surface area contributed by atoms with Gasteiger partial charge in [0.1, 0.15) is 16.2 Å². The number of rotatable bonds is 6.